The van der Waals surface area contributed by atoms with Crippen molar-refractivity contribution in [3.05, 3.63) is 33.8 Å². The third-order valence-electron chi connectivity index (χ3n) is 3.41. The minimum absolute atomic E-state index is 0.131. The topological polar surface area (TPSA) is 58.6 Å². The molecular formula is C15H18Cl2N2O3. The van der Waals surface area contributed by atoms with Gasteiger partial charge in [0.25, 0.3) is 0 Å². The van der Waals surface area contributed by atoms with Crippen LogP contribution in [0.2, 0.25) is 10.0 Å². The van der Waals surface area contributed by atoms with Crippen molar-refractivity contribution in [2.45, 2.75) is 12.8 Å². The summed E-state index contributed by atoms with van der Waals surface area (Å²) in [5.41, 5.74) is 0.908. The quantitative estimate of drug-likeness (QED) is 0.830. The Morgan fingerprint density at radius 1 is 1.23 bits per heavy atom. The molecular weight excluding hydrogens is 327 g/mol. The van der Waals surface area contributed by atoms with Gasteiger partial charge in [0.05, 0.1) is 13.2 Å². The van der Waals surface area contributed by atoms with E-state index in [0.29, 0.717) is 49.3 Å². The van der Waals surface area contributed by atoms with Gasteiger partial charge in [-0.1, -0.05) is 29.3 Å². The molecule has 1 aliphatic heterocycles. The van der Waals surface area contributed by atoms with Crippen LogP contribution in [0.3, 0.4) is 0 Å². The highest BCUT2D eigenvalue weighted by Gasteiger charge is 2.19. The van der Waals surface area contributed by atoms with Crippen LogP contribution in [0.15, 0.2) is 18.2 Å². The van der Waals surface area contributed by atoms with E-state index in [9.17, 15) is 9.59 Å². The van der Waals surface area contributed by atoms with E-state index in [1.54, 1.807) is 17.0 Å². The first-order chi connectivity index (χ1) is 10.6. The summed E-state index contributed by atoms with van der Waals surface area (Å²) < 4.78 is 5.17. The minimum atomic E-state index is -0.276. The van der Waals surface area contributed by atoms with Gasteiger partial charge in [0.15, 0.2) is 0 Å². The van der Waals surface area contributed by atoms with Crippen molar-refractivity contribution < 1.29 is 14.3 Å². The highest BCUT2D eigenvalue weighted by molar-refractivity contribution is 6.35. The van der Waals surface area contributed by atoms with Crippen LogP contribution in [0.5, 0.6) is 0 Å². The molecule has 0 aliphatic carbocycles. The number of nitrogens with one attached hydrogen (secondary N) is 1. The first kappa shape index (κ1) is 17.1. The van der Waals surface area contributed by atoms with Crippen LogP contribution in [-0.2, 0) is 20.7 Å². The number of benzene rings is 1. The Hall–Kier alpha value is -1.30. The van der Waals surface area contributed by atoms with Gasteiger partial charge in [-0.15, -0.1) is 0 Å². The molecule has 7 heteroatoms. The van der Waals surface area contributed by atoms with Crippen LogP contribution >= 0.6 is 23.2 Å². The molecule has 1 heterocycles. The maximum Gasteiger partial charge on any atom is 0.232 e. The predicted octanol–water partition coefficient (Wildman–Crippen LogP) is 1.90. The normalized spacial score (nSPS) is 14.7. The molecule has 5 nitrogen and oxygen atoms in total. The molecule has 2 amide bonds. The number of hydrogen-bond donors (Lipinski definition) is 1. The molecule has 1 aromatic rings. The molecule has 0 aromatic heterocycles. The molecule has 0 atom stereocenters. The number of nitrogens with zero attached hydrogens (tertiary/aromatic N) is 1. The lowest BCUT2D eigenvalue weighted by molar-refractivity contribution is -0.139. The third-order valence-corrected chi connectivity index (χ3v) is 3.99. The van der Waals surface area contributed by atoms with Gasteiger partial charge in [-0.2, -0.15) is 0 Å². The second-order valence-electron chi connectivity index (χ2n) is 5.01. The zero-order valence-corrected chi connectivity index (χ0v) is 13.6. The molecule has 1 saturated heterocycles. The summed E-state index contributed by atoms with van der Waals surface area (Å²) in [6.07, 6.45) is 0.460. The van der Waals surface area contributed by atoms with E-state index < -0.39 is 0 Å². The van der Waals surface area contributed by atoms with E-state index >= 15 is 0 Å². The van der Waals surface area contributed by atoms with E-state index in [2.05, 4.69) is 5.32 Å². The van der Waals surface area contributed by atoms with E-state index in [4.69, 9.17) is 27.9 Å². The number of rotatable bonds is 5. The highest BCUT2D eigenvalue weighted by Crippen LogP contribution is 2.21. The van der Waals surface area contributed by atoms with E-state index in [-0.39, 0.29) is 18.2 Å². The van der Waals surface area contributed by atoms with Gasteiger partial charge in [0.2, 0.25) is 11.8 Å². The molecule has 0 radical (unpaired) electrons. The first-order valence-corrected chi connectivity index (χ1v) is 7.88. The third kappa shape index (κ3) is 5.16. The van der Waals surface area contributed by atoms with Gasteiger partial charge < -0.3 is 15.0 Å². The Kier molecular flexibility index (Phi) is 6.49. The van der Waals surface area contributed by atoms with Crippen LogP contribution in [0.4, 0.5) is 0 Å². The Morgan fingerprint density at radius 3 is 2.64 bits per heavy atom. The van der Waals surface area contributed by atoms with Crippen molar-refractivity contribution in [3.63, 3.8) is 0 Å². The van der Waals surface area contributed by atoms with Gasteiger partial charge in [-0.25, -0.2) is 0 Å². The van der Waals surface area contributed by atoms with Crippen molar-refractivity contribution in [2.75, 3.05) is 32.8 Å². The van der Waals surface area contributed by atoms with Crippen molar-refractivity contribution in [2.24, 2.45) is 0 Å². The Balaban J connectivity index is 1.72. The fraction of sp³-hybridized carbons (Fsp3) is 0.467. The number of carbonyl (C=O) groups excluding carboxylic acids is 2. The van der Waals surface area contributed by atoms with Gasteiger partial charge >= 0.3 is 0 Å². The number of ether oxygens (including phenoxy) is 1. The van der Waals surface area contributed by atoms with Crippen LogP contribution < -0.4 is 5.32 Å². The number of hydrogen-bond acceptors (Lipinski definition) is 3. The van der Waals surface area contributed by atoms with Crippen molar-refractivity contribution in [3.8, 4) is 0 Å². The summed E-state index contributed by atoms with van der Waals surface area (Å²) in [6.45, 7) is 2.58. The second kappa shape index (κ2) is 8.36. The van der Waals surface area contributed by atoms with Crippen LogP contribution in [-0.4, -0.2) is 49.6 Å². The maximum absolute atomic E-state index is 11.9. The van der Waals surface area contributed by atoms with Crippen molar-refractivity contribution in [1.82, 2.24) is 10.2 Å². The van der Waals surface area contributed by atoms with Crippen LogP contribution in [0.1, 0.15) is 12.0 Å². The Bertz CT molecular complexity index is 546. The van der Waals surface area contributed by atoms with Crippen LogP contribution in [0.25, 0.3) is 0 Å². The zero-order valence-electron chi connectivity index (χ0n) is 12.1. The predicted molar refractivity (Wildman–Crippen MR) is 85.2 cm³/mol. The molecule has 0 spiro atoms. The SMILES string of the molecule is O=C(CC(=O)N1CCOCC1)NCCc1ccc(Cl)cc1Cl. The lowest BCUT2D eigenvalue weighted by Gasteiger charge is -2.26. The molecule has 1 fully saturated rings. The van der Waals surface area contributed by atoms with E-state index in [0.717, 1.165) is 5.56 Å². The van der Waals surface area contributed by atoms with E-state index in [1.165, 1.54) is 0 Å². The average molecular weight is 345 g/mol. The summed E-state index contributed by atoms with van der Waals surface area (Å²) >= 11 is 11.9. The molecule has 0 saturated carbocycles. The van der Waals surface area contributed by atoms with Gasteiger partial charge in [0, 0.05) is 29.7 Å². The summed E-state index contributed by atoms with van der Waals surface area (Å²) in [7, 11) is 0. The molecule has 1 N–H and O–H groups in total. The summed E-state index contributed by atoms with van der Waals surface area (Å²) in [5, 5.41) is 3.89. The molecule has 0 bridgehead atoms. The number of carbonyl (C=O) groups is 2. The molecule has 2 rings (SSSR count). The van der Waals surface area contributed by atoms with Crippen LogP contribution in [0, 0.1) is 0 Å². The fourth-order valence-corrected chi connectivity index (χ4v) is 2.69. The number of amides is 2. The number of morpholine rings is 1. The molecule has 0 unspecified atom stereocenters. The second-order valence-corrected chi connectivity index (χ2v) is 5.85. The largest absolute Gasteiger partial charge is 0.378 e. The standard InChI is InChI=1S/C15H18Cl2N2O3/c16-12-2-1-11(13(17)9-12)3-4-18-14(20)10-15(21)19-5-7-22-8-6-19/h1-2,9H,3-8,10H2,(H,18,20). The maximum atomic E-state index is 11.9. The minimum Gasteiger partial charge on any atom is -0.378 e. The lowest BCUT2D eigenvalue weighted by atomic mass is 10.1. The monoisotopic (exact) mass is 344 g/mol. The Morgan fingerprint density at radius 2 is 1.95 bits per heavy atom. The van der Waals surface area contributed by atoms with Gasteiger partial charge in [0.1, 0.15) is 6.42 Å². The smallest absolute Gasteiger partial charge is 0.232 e. The molecule has 1 aromatic carbocycles. The fourth-order valence-electron chi connectivity index (χ4n) is 2.19. The summed E-state index contributed by atoms with van der Waals surface area (Å²) in [4.78, 5) is 25.3. The average Bonchev–Trinajstić information content (AvgIpc) is 2.50. The summed E-state index contributed by atoms with van der Waals surface area (Å²) in [6, 6.07) is 5.25. The van der Waals surface area contributed by atoms with Gasteiger partial charge in [-0.05, 0) is 24.1 Å². The van der Waals surface area contributed by atoms with E-state index in [1.807, 2.05) is 6.07 Å². The zero-order chi connectivity index (χ0) is 15.9. The highest BCUT2D eigenvalue weighted by atomic mass is 35.5. The summed E-state index contributed by atoms with van der Waals surface area (Å²) in [5.74, 6) is -0.438. The lowest BCUT2D eigenvalue weighted by Crippen LogP contribution is -2.42. The molecule has 22 heavy (non-hydrogen) atoms. The Labute approximate surface area is 139 Å². The number of halogens is 2. The molecule has 1 aliphatic rings. The van der Waals surface area contributed by atoms with Gasteiger partial charge in [-0.3, -0.25) is 9.59 Å². The van der Waals surface area contributed by atoms with Crippen molar-refractivity contribution >= 4 is 35.0 Å². The molecule has 120 valence electrons. The first-order valence-electron chi connectivity index (χ1n) is 7.12. The van der Waals surface area contributed by atoms with Crippen molar-refractivity contribution in [1.29, 1.82) is 0 Å².